The number of amides is 1. The van der Waals surface area contributed by atoms with Crippen molar-refractivity contribution in [3.8, 4) is 0 Å². The van der Waals surface area contributed by atoms with Gasteiger partial charge in [-0.15, -0.1) is 0 Å². The highest BCUT2D eigenvalue weighted by Gasteiger charge is 2.25. The zero-order valence-corrected chi connectivity index (χ0v) is 10.1. The van der Waals surface area contributed by atoms with Gasteiger partial charge in [0.05, 0.1) is 0 Å². The van der Waals surface area contributed by atoms with Gasteiger partial charge in [0.1, 0.15) is 0 Å². The molecule has 4 nitrogen and oxygen atoms in total. The maximum atomic E-state index is 11.0. The lowest BCUT2D eigenvalue weighted by atomic mass is 9.90. The van der Waals surface area contributed by atoms with Crippen LogP contribution in [0.25, 0.3) is 0 Å². The second kappa shape index (κ2) is 4.75. The van der Waals surface area contributed by atoms with Gasteiger partial charge in [-0.05, 0) is 57.1 Å². The summed E-state index contributed by atoms with van der Waals surface area (Å²) in [6.07, 6.45) is 2.20. The molecule has 1 amide bonds. The minimum absolute atomic E-state index is 0.138. The fourth-order valence-corrected chi connectivity index (χ4v) is 2.17. The fraction of sp³-hybridized carbons (Fsp3) is 0.462. The summed E-state index contributed by atoms with van der Waals surface area (Å²) in [6.45, 7) is 4.32. The third-order valence-corrected chi connectivity index (χ3v) is 3.32. The third-order valence-electron chi connectivity index (χ3n) is 3.32. The number of hydrogen-bond donors (Lipinski definition) is 3. The van der Waals surface area contributed by atoms with Crippen molar-refractivity contribution >= 4 is 11.6 Å². The highest BCUT2D eigenvalue weighted by atomic mass is 16.1. The van der Waals surface area contributed by atoms with Gasteiger partial charge in [-0.2, -0.15) is 0 Å². The van der Waals surface area contributed by atoms with E-state index >= 15 is 0 Å². The molecule has 0 spiro atoms. The van der Waals surface area contributed by atoms with Crippen LogP contribution in [-0.2, 0) is 0 Å². The molecular formula is C13H19N3O. The van der Waals surface area contributed by atoms with Gasteiger partial charge in [0.15, 0.2) is 0 Å². The molecule has 2 rings (SSSR count). The van der Waals surface area contributed by atoms with E-state index in [2.05, 4.69) is 17.6 Å². The summed E-state index contributed by atoms with van der Waals surface area (Å²) in [5.74, 6) is -0.385. The van der Waals surface area contributed by atoms with Gasteiger partial charge in [0, 0.05) is 16.8 Å². The van der Waals surface area contributed by atoms with Crippen LogP contribution in [-0.4, -0.2) is 24.5 Å². The second-order valence-electron chi connectivity index (χ2n) is 4.88. The maximum absolute atomic E-state index is 11.0. The van der Waals surface area contributed by atoms with Gasteiger partial charge < -0.3 is 16.4 Å². The van der Waals surface area contributed by atoms with Crippen molar-refractivity contribution in [2.45, 2.75) is 25.3 Å². The molecule has 0 radical (unpaired) electrons. The largest absolute Gasteiger partial charge is 0.380 e. The average Bonchev–Trinajstić information content (AvgIpc) is 2.30. The molecule has 0 aromatic heterocycles. The van der Waals surface area contributed by atoms with Crippen molar-refractivity contribution in [2.24, 2.45) is 5.73 Å². The lowest BCUT2D eigenvalue weighted by Gasteiger charge is -2.36. The SMILES string of the molecule is CC1(Nc2ccc(C(N)=O)cc2)CCNCC1. The van der Waals surface area contributed by atoms with E-state index in [0.29, 0.717) is 5.56 Å². The number of rotatable bonds is 3. The Kier molecular flexibility index (Phi) is 3.33. The van der Waals surface area contributed by atoms with Crippen molar-refractivity contribution in [3.63, 3.8) is 0 Å². The Balaban J connectivity index is 2.05. The molecule has 1 saturated heterocycles. The number of carbonyl (C=O) groups is 1. The Morgan fingerprint density at radius 2 is 1.88 bits per heavy atom. The summed E-state index contributed by atoms with van der Waals surface area (Å²) in [4.78, 5) is 11.0. The minimum Gasteiger partial charge on any atom is -0.380 e. The van der Waals surface area contributed by atoms with Crippen LogP contribution in [0.1, 0.15) is 30.1 Å². The van der Waals surface area contributed by atoms with E-state index < -0.39 is 0 Å². The molecule has 1 heterocycles. The number of anilines is 1. The monoisotopic (exact) mass is 233 g/mol. The number of primary amides is 1. The molecule has 1 aliphatic rings. The molecule has 0 atom stereocenters. The van der Waals surface area contributed by atoms with Crippen LogP contribution in [0, 0.1) is 0 Å². The maximum Gasteiger partial charge on any atom is 0.248 e. The van der Waals surface area contributed by atoms with E-state index in [9.17, 15) is 4.79 Å². The Morgan fingerprint density at radius 3 is 2.41 bits per heavy atom. The lowest BCUT2D eigenvalue weighted by Crippen LogP contribution is -2.45. The first-order chi connectivity index (χ1) is 8.09. The first kappa shape index (κ1) is 11.9. The van der Waals surface area contributed by atoms with Crippen molar-refractivity contribution < 1.29 is 4.79 Å². The predicted molar refractivity (Wildman–Crippen MR) is 69.1 cm³/mol. The summed E-state index contributed by atoms with van der Waals surface area (Å²) < 4.78 is 0. The Bertz CT molecular complexity index is 394. The van der Waals surface area contributed by atoms with Gasteiger partial charge in [0.25, 0.3) is 0 Å². The highest BCUT2D eigenvalue weighted by Crippen LogP contribution is 2.23. The molecule has 1 aromatic carbocycles. The Labute approximate surface area is 102 Å². The zero-order chi connectivity index (χ0) is 12.3. The standard InChI is InChI=1S/C13H19N3O/c1-13(6-8-15-9-7-13)16-11-4-2-10(3-5-11)12(14)17/h2-5,15-16H,6-9H2,1H3,(H2,14,17). The fourth-order valence-electron chi connectivity index (χ4n) is 2.17. The van der Waals surface area contributed by atoms with Crippen molar-refractivity contribution in [3.05, 3.63) is 29.8 Å². The Morgan fingerprint density at radius 1 is 1.29 bits per heavy atom. The van der Waals surface area contributed by atoms with Gasteiger partial charge in [-0.1, -0.05) is 0 Å². The quantitative estimate of drug-likeness (QED) is 0.738. The first-order valence-electron chi connectivity index (χ1n) is 5.98. The summed E-state index contributed by atoms with van der Waals surface area (Å²) in [5.41, 5.74) is 6.93. The molecule has 92 valence electrons. The van der Waals surface area contributed by atoms with Crippen LogP contribution in [0.3, 0.4) is 0 Å². The van der Waals surface area contributed by atoms with Crippen LogP contribution >= 0.6 is 0 Å². The lowest BCUT2D eigenvalue weighted by molar-refractivity contribution is 0.100. The molecular weight excluding hydrogens is 214 g/mol. The minimum atomic E-state index is -0.385. The van der Waals surface area contributed by atoms with Crippen molar-refractivity contribution in [2.75, 3.05) is 18.4 Å². The summed E-state index contributed by atoms with van der Waals surface area (Å²) in [5, 5.41) is 6.88. The molecule has 4 N–H and O–H groups in total. The van der Waals surface area contributed by atoms with Crippen LogP contribution < -0.4 is 16.4 Å². The highest BCUT2D eigenvalue weighted by molar-refractivity contribution is 5.93. The molecule has 4 heteroatoms. The van der Waals surface area contributed by atoms with E-state index in [-0.39, 0.29) is 11.4 Å². The molecule has 1 fully saturated rings. The molecule has 1 aliphatic heterocycles. The van der Waals surface area contributed by atoms with Crippen molar-refractivity contribution in [1.82, 2.24) is 5.32 Å². The molecule has 0 unspecified atom stereocenters. The Hall–Kier alpha value is -1.55. The molecule has 0 aliphatic carbocycles. The molecule has 1 aromatic rings. The van der Waals surface area contributed by atoms with Crippen LogP contribution in [0.4, 0.5) is 5.69 Å². The third kappa shape index (κ3) is 2.97. The summed E-state index contributed by atoms with van der Waals surface area (Å²) in [6, 6.07) is 7.34. The smallest absolute Gasteiger partial charge is 0.248 e. The van der Waals surface area contributed by atoms with Crippen LogP contribution in [0.15, 0.2) is 24.3 Å². The van der Waals surface area contributed by atoms with Gasteiger partial charge >= 0.3 is 0 Å². The number of nitrogens with two attached hydrogens (primary N) is 1. The average molecular weight is 233 g/mol. The van der Waals surface area contributed by atoms with Gasteiger partial charge in [-0.3, -0.25) is 4.79 Å². The van der Waals surface area contributed by atoms with Crippen molar-refractivity contribution in [1.29, 1.82) is 0 Å². The number of carbonyl (C=O) groups excluding carboxylic acids is 1. The van der Waals surface area contributed by atoms with E-state index in [4.69, 9.17) is 5.73 Å². The number of hydrogen-bond acceptors (Lipinski definition) is 3. The first-order valence-corrected chi connectivity index (χ1v) is 5.98. The van der Waals surface area contributed by atoms with Gasteiger partial charge in [-0.25, -0.2) is 0 Å². The summed E-state index contributed by atoms with van der Waals surface area (Å²) in [7, 11) is 0. The van der Waals surface area contributed by atoms with E-state index in [1.54, 1.807) is 12.1 Å². The number of piperidine rings is 1. The summed E-state index contributed by atoms with van der Waals surface area (Å²) >= 11 is 0. The van der Waals surface area contributed by atoms with Crippen LogP contribution in [0.2, 0.25) is 0 Å². The predicted octanol–water partition coefficient (Wildman–Crippen LogP) is 1.34. The zero-order valence-electron chi connectivity index (χ0n) is 10.1. The number of nitrogens with one attached hydrogen (secondary N) is 2. The topological polar surface area (TPSA) is 67.1 Å². The van der Waals surface area contributed by atoms with E-state index in [0.717, 1.165) is 31.6 Å². The normalized spacial score (nSPS) is 18.6. The number of benzene rings is 1. The molecule has 17 heavy (non-hydrogen) atoms. The van der Waals surface area contributed by atoms with E-state index in [1.165, 1.54) is 0 Å². The molecule has 0 bridgehead atoms. The van der Waals surface area contributed by atoms with Gasteiger partial charge in [0.2, 0.25) is 5.91 Å². The van der Waals surface area contributed by atoms with E-state index in [1.807, 2.05) is 12.1 Å². The van der Waals surface area contributed by atoms with Crippen LogP contribution in [0.5, 0.6) is 0 Å². The molecule has 0 saturated carbocycles. The second-order valence-corrected chi connectivity index (χ2v) is 4.88.